The predicted molar refractivity (Wildman–Crippen MR) is 55.4 cm³/mol. The molecule has 0 spiro atoms. The van der Waals surface area contributed by atoms with E-state index in [9.17, 15) is 4.79 Å². The van der Waals surface area contributed by atoms with Crippen LogP contribution in [0, 0.1) is 11.3 Å². The monoisotopic (exact) mass is 251 g/mol. The Morgan fingerprint density at radius 1 is 1.57 bits per heavy atom. The molecule has 1 aromatic rings. The first-order valence-corrected chi connectivity index (χ1v) is 4.53. The molecule has 1 rings (SSSR count). The molecular weight excluding hydrogens is 246 g/mol. The van der Waals surface area contributed by atoms with Crippen LogP contribution in [-0.2, 0) is 4.79 Å². The van der Waals surface area contributed by atoms with Crippen molar-refractivity contribution in [3.8, 4) is 6.07 Å². The highest BCUT2D eigenvalue weighted by atomic mass is 79.9. The quantitative estimate of drug-likeness (QED) is 0.649. The first-order chi connectivity index (χ1) is 6.63. The largest absolute Gasteiger partial charge is 0.477 e. The number of carbonyl (C=O) groups is 1. The molecule has 0 saturated heterocycles. The number of carboxylic acid groups (broad SMARTS) is 1. The number of hydrogen-bond acceptors (Lipinski definition) is 2. The fraction of sp³-hybridized carbons (Fsp3) is 0. The van der Waals surface area contributed by atoms with Gasteiger partial charge in [-0.15, -0.1) is 0 Å². The van der Waals surface area contributed by atoms with Crippen molar-refractivity contribution in [3.63, 3.8) is 0 Å². The maximum Gasteiger partial charge on any atom is 0.346 e. The van der Waals surface area contributed by atoms with Gasteiger partial charge >= 0.3 is 5.97 Å². The van der Waals surface area contributed by atoms with Gasteiger partial charge in [-0.25, -0.2) is 4.79 Å². The Bertz CT molecular complexity index is 432. The van der Waals surface area contributed by atoms with Crippen molar-refractivity contribution in [2.24, 2.45) is 0 Å². The lowest BCUT2D eigenvalue weighted by molar-refractivity contribution is -0.132. The summed E-state index contributed by atoms with van der Waals surface area (Å²) in [5, 5.41) is 17.1. The maximum absolute atomic E-state index is 10.5. The van der Waals surface area contributed by atoms with Crippen LogP contribution >= 0.6 is 15.9 Å². The number of benzene rings is 1. The number of hydrogen-bond donors (Lipinski definition) is 1. The molecule has 1 aromatic carbocycles. The molecule has 0 atom stereocenters. The van der Waals surface area contributed by atoms with Gasteiger partial charge in [0.15, 0.2) is 0 Å². The molecule has 0 unspecified atom stereocenters. The Balaban J connectivity index is 3.08. The van der Waals surface area contributed by atoms with E-state index in [-0.39, 0.29) is 5.57 Å². The van der Waals surface area contributed by atoms with E-state index in [1.165, 1.54) is 6.08 Å². The second-order valence-electron chi connectivity index (χ2n) is 2.53. The van der Waals surface area contributed by atoms with E-state index in [1.807, 2.05) is 6.07 Å². The minimum Gasteiger partial charge on any atom is -0.477 e. The normalized spacial score (nSPS) is 10.7. The molecular formula is C10H6BrNO2. The van der Waals surface area contributed by atoms with Gasteiger partial charge in [-0.2, -0.15) is 5.26 Å². The molecule has 0 fully saturated rings. The van der Waals surface area contributed by atoms with Gasteiger partial charge in [0.2, 0.25) is 0 Å². The topological polar surface area (TPSA) is 61.1 Å². The van der Waals surface area contributed by atoms with Crippen molar-refractivity contribution in [1.29, 1.82) is 5.26 Å². The molecule has 0 saturated carbocycles. The smallest absolute Gasteiger partial charge is 0.346 e. The lowest BCUT2D eigenvalue weighted by Gasteiger charge is -1.94. The summed E-state index contributed by atoms with van der Waals surface area (Å²) >= 11 is 3.25. The van der Waals surface area contributed by atoms with E-state index < -0.39 is 5.97 Å². The Kier molecular flexibility index (Phi) is 3.43. The van der Waals surface area contributed by atoms with Gasteiger partial charge in [-0.1, -0.05) is 28.1 Å². The number of carboxylic acids is 1. The van der Waals surface area contributed by atoms with Gasteiger partial charge < -0.3 is 5.11 Å². The third-order valence-corrected chi connectivity index (χ3v) is 2.00. The van der Waals surface area contributed by atoms with Crippen LogP contribution in [0.2, 0.25) is 0 Å². The second kappa shape index (κ2) is 4.58. The average Bonchev–Trinajstić information content (AvgIpc) is 2.14. The maximum atomic E-state index is 10.5. The molecule has 70 valence electrons. The van der Waals surface area contributed by atoms with Crippen LogP contribution < -0.4 is 0 Å². The summed E-state index contributed by atoms with van der Waals surface area (Å²) in [5.74, 6) is -1.22. The number of nitriles is 1. The highest BCUT2D eigenvalue weighted by Gasteiger charge is 2.05. The summed E-state index contributed by atoms with van der Waals surface area (Å²) in [7, 11) is 0. The van der Waals surface area contributed by atoms with Crippen LogP contribution in [0.25, 0.3) is 6.08 Å². The van der Waals surface area contributed by atoms with Crippen molar-refractivity contribution < 1.29 is 9.90 Å². The Labute approximate surface area is 89.4 Å². The van der Waals surface area contributed by atoms with E-state index >= 15 is 0 Å². The van der Waals surface area contributed by atoms with E-state index in [2.05, 4.69) is 15.9 Å². The third-order valence-electron chi connectivity index (χ3n) is 1.51. The number of aliphatic carboxylic acids is 1. The number of rotatable bonds is 2. The van der Waals surface area contributed by atoms with Gasteiger partial charge in [0, 0.05) is 4.47 Å². The summed E-state index contributed by atoms with van der Waals surface area (Å²) in [5.41, 5.74) is 0.404. The van der Waals surface area contributed by atoms with Crippen molar-refractivity contribution in [3.05, 3.63) is 39.9 Å². The molecule has 0 heterocycles. The molecule has 0 aliphatic rings. The fourth-order valence-electron chi connectivity index (χ4n) is 0.905. The summed E-state index contributed by atoms with van der Waals surface area (Å²) in [6.07, 6.45) is 1.33. The summed E-state index contributed by atoms with van der Waals surface area (Å²) in [6.45, 7) is 0. The number of nitrogens with zero attached hydrogens (tertiary/aromatic N) is 1. The molecule has 0 aliphatic heterocycles. The molecule has 3 nitrogen and oxygen atoms in total. The number of halogens is 1. The Hall–Kier alpha value is -1.60. The Morgan fingerprint density at radius 3 is 2.79 bits per heavy atom. The van der Waals surface area contributed by atoms with Crippen molar-refractivity contribution >= 4 is 28.0 Å². The SMILES string of the molecule is N#C/C(=C\c1cccc(Br)c1)C(=O)O. The second-order valence-corrected chi connectivity index (χ2v) is 3.45. The summed E-state index contributed by atoms with van der Waals surface area (Å²) < 4.78 is 0.842. The lowest BCUT2D eigenvalue weighted by atomic mass is 10.1. The highest BCUT2D eigenvalue weighted by molar-refractivity contribution is 9.10. The van der Waals surface area contributed by atoms with Crippen molar-refractivity contribution in [2.45, 2.75) is 0 Å². The zero-order chi connectivity index (χ0) is 10.6. The van der Waals surface area contributed by atoms with Crippen LogP contribution in [0.4, 0.5) is 0 Å². The average molecular weight is 252 g/mol. The van der Waals surface area contributed by atoms with E-state index in [4.69, 9.17) is 10.4 Å². The zero-order valence-electron chi connectivity index (χ0n) is 7.07. The van der Waals surface area contributed by atoms with Crippen LogP contribution in [0.1, 0.15) is 5.56 Å². The third kappa shape index (κ3) is 2.71. The van der Waals surface area contributed by atoms with Gasteiger partial charge in [-0.3, -0.25) is 0 Å². The van der Waals surface area contributed by atoms with Crippen molar-refractivity contribution in [1.82, 2.24) is 0 Å². The van der Waals surface area contributed by atoms with Crippen LogP contribution in [0.3, 0.4) is 0 Å². The first-order valence-electron chi connectivity index (χ1n) is 3.74. The van der Waals surface area contributed by atoms with Crippen molar-refractivity contribution in [2.75, 3.05) is 0 Å². The molecule has 0 bridgehead atoms. The van der Waals surface area contributed by atoms with Gasteiger partial charge in [0.25, 0.3) is 0 Å². The fourth-order valence-corrected chi connectivity index (χ4v) is 1.32. The van der Waals surface area contributed by atoms with E-state index in [1.54, 1.807) is 24.3 Å². The van der Waals surface area contributed by atoms with E-state index in [0.29, 0.717) is 5.56 Å². The molecule has 4 heteroatoms. The summed E-state index contributed by atoms with van der Waals surface area (Å²) in [6, 6.07) is 8.67. The van der Waals surface area contributed by atoms with Crippen LogP contribution in [0.5, 0.6) is 0 Å². The minimum absolute atomic E-state index is 0.275. The zero-order valence-corrected chi connectivity index (χ0v) is 8.65. The molecule has 0 aliphatic carbocycles. The minimum atomic E-state index is -1.22. The van der Waals surface area contributed by atoms with Crippen LogP contribution in [-0.4, -0.2) is 11.1 Å². The Morgan fingerprint density at radius 2 is 2.29 bits per heavy atom. The van der Waals surface area contributed by atoms with Gasteiger partial charge in [0.1, 0.15) is 11.6 Å². The van der Waals surface area contributed by atoms with Crippen LogP contribution in [0.15, 0.2) is 34.3 Å². The van der Waals surface area contributed by atoms with E-state index in [0.717, 1.165) is 4.47 Å². The molecule has 0 aromatic heterocycles. The molecule has 1 N–H and O–H groups in total. The molecule has 0 radical (unpaired) electrons. The predicted octanol–water partition coefficient (Wildman–Crippen LogP) is 2.44. The van der Waals surface area contributed by atoms with Gasteiger partial charge in [0.05, 0.1) is 0 Å². The highest BCUT2D eigenvalue weighted by Crippen LogP contribution is 2.14. The molecule has 14 heavy (non-hydrogen) atoms. The first kappa shape index (κ1) is 10.5. The molecule has 0 amide bonds. The van der Waals surface area contributed by atoms with Gasteiger partial charge in [-0.05, 0) is 23.8 Å². The summed E-state index contributed by atoms with van der Waals surface area (Å²) in [4.78, 5) is 10.5. The standard InChI is InChI=1S/C10H6BrNO2/c11-9-3-1-2-7(5-9)4-8(6-12)10(13)14/h1-5H,(H,13,14)/b8-4+. The lowest BCUT2D eigenvalue weighted by Crippen LogP contribution is -1.97.